The minimum absolute atomic E-state index is 0.0823. The Bertz CT molecular complexity index is 558. The molecule has 2 aliphatic rings. The number of hydrogen-bond donors (Lipinski definition) is 0. The average molecular weight is 332 g/mol. The monoisotopic (exact) mass is 332 g/mol. The maximum Gasteiger partial charge on any atom is 0.234 e. The molecule has 3 rings (SSSR count). The molecule has 2 saturated heterocycles. The van der Waals surface area contributed by atoms with Gasteiger partial charge in [0, 0.05) is 26.2 Å². The fourth-order valence-electron chi connectivity index (χ4n) is 3.39. The molecule has 1 amide bonds. The first kappa shape index (κ1) is 17.0. The van der Waals surface area contributed by atoms with Crippen LogP contribution in [0.5, 0.6) is 5.88 Å². The van der Waals surface area contributed by atoms with Crippen molar-refractivity contribution in [1.82, 2.24) is 14.9 Å². The Morgan fingerprint density at radius 2 is 2.04 bits per heavy atom. The van der Waals surface area contributed by atoms with Crippen molar-refractivity contribution >= 4 is 11.7 Å². The van der Waals surface area contributed by atoms with E-state index >= 15 is 0 Å². The van der Waals surface area contributed by atoms with Gasteiger partial charge in [-0.25, -0.2) is 0 Å². The summed E-state index contributed by atoms with van der Waals surface area (Å²) in [5.74, 6) is 2.23. The molecule has 0 bridgehead atoms. The highest BCUT2D eigenvalue weighted by molar-refractivity contribution is 5.80. The van der Waals surface area contributed by atoms with Gasteiger partial charge in [-0.15, -0.1) is 0 Å². The molecule has 0 aliphatic carbocycles. The van der Waals surface area contributed by atoms with E-state index in [0.29, 0.717) is 24.3 Å². The summed E-state index contributed by atoms with van der Waals surface area (Å²) in [6, 6.07) is 0. The first-order valence-corrected chi connectivity index (χ1v) is 9.12. The standard InChI is InChI=1S/C18H28N4O2/c1-14(2)13-24-17-11-19-10-16(20-17)22-9-5-6-15(12-22)18(23)21-7-3-4-8-21/h10-11,14-15H,3-9,12-13H2,1-2H3. The number of nitrogens with zero attached hydrogens (tertiary/aromatic N) is 4. The molecule has 6 heteroatoms. The summed E-state index contributed by atoms with van der Waals surface area (Å²) in [5.41, 5.74) is 0. The zero-order valence-corrected chi connectivity index (χ0v) is 14.8. The van der Waals surface area contributed by atoms with E-state index in [9.17, 15) is 4.79 Å². The van der Waals surface area contributed by atoms with Crippen LogP contribution in [0.1, 0.15) is 39.5 Å². The van der Waals surface area contributed by atoms with E-state index in [1.54, 1.807) is 12.4 Å². The molecule has 0 aromatic carbocycles. The third kappa shape index (κ3) is 4.16. The highest BCUT2D eigenvalue weighted by Crippen LogP contribution is 2.25. The normalized spacial score (nSPS) is 21.4. The smallest absolute Gasteiger partial charge is 0.234 e. The largest absolute Gasteiger partial charge is 0.476 e. The van der Waals surface area contributed by atoms with E-state index in [2.05, 4.69) is 28.7 Å². The highest BCUT2D eigenvalue weighted by Gasteiger charge is 2.31. The predicted octanol–water partition coefficient (Wildman–Crippen LogP) is 2.35. The summed E-state index contributed by atoms with van der Waals surface area (Å²) in [7, 11) is 0. The van der Waals surface area contributed by atoms with Crippen LogP contribution in [-0.4, -0.2) is 53.6 Å². The number of rotatable bonds is 5. The topological polar surface area (TPSA) is 58.6 Å². The number of likely N-dealkylation sites (tertiary alicyclic amines) is 1. The number of piperidine rings is 1. The average Bonchev–Trinajstić information content (AvgIpc) is 3.14. The number of anilines is 1. The minimum atomic E-state index is 0.0823. The van der Waals surface area contributed by atoms with Crippen LogP contribution in [0.15, 0.2) is 12.4 Å². The van der Waals surface area contributed by atoms with Gasteiger partial charge in [0.2, 0.25) is 11.8 Å². The molecule has 6 nitrogen and oxygen atoms in total. The summed E-state index contributed by atoms with van der Waals surface area (Å²) in [6.07, 6.45) is 7.70. The molecule has 2 fully saturated rings. The van der Waals surface area contributed by atoms with Crippen molar-refractivity contribution in [2.75, 3.05) is 37.7 Å². The van der Waals surface area contributed by atoms with Crippen LogP contribution in [0.4, 0.5) is 5.82 Å². The third-order valence-corrected chi connectivity index (χ3v) is 4.68. The van der Waals surface area contributed by atoms with Crippen molar-refractivity contribution in [2.24, 2.45) is 11.8 Å². The van der Waals surface area contributed by atoms with Gasteiger partial charge in [0.15, 0.2) is 5.82 Å². The van der Waals surface area contributed by atoms with Gasteiger partial charge in [-0.2, -0.15) is 4.98 Å². The molecule has 1 aromatic heterocycles. The summed E-state index contributed by atoms with van der Waals surface area (Å²) >= 11 is 0. The zero-order chi connectivity index (χ0) is 16.9. The molecule has 1 atom stereocenters. The molecule has 132 valence electrons. The number of hydrogen-bond acceptors (Lipinski definition) is 5. The highest BCUT2D eigenvalue weighted by atomic mass is 16.5. The predicted molar refractivity (Wildman–Crippen MR) is 93.1 cm³/mol. The van der Waals surface area contributed by atoms with Gasteiger partial charge < -0.3 is 14.5 Å². The Balaban J connectivity index is 1.63. The van der Waals surface area contributed by atoms with Crippen LogP contribution in [-0.2, 0) is 4.79 Å². The fourth-order valence-corrected chi connectivity index (χ4v) is 3.39. The second kappa shape index (κ2) is 7.81. The van der Waals surface area contributed by atoms with Gasteiger partial charge in [0.1, 0.15) is 0 Å². The number of amides is 1. The lowest BCUT2D eigenvalue weighted by molar-refractivity contribution is -0.134. The maximum atomic E-state index is 12.7. The van der Waals surface area contributed by atoms with Gasteiger partial charge in [-0.1, -0.05) is 13.8 Å². The Kier molecular flexibility index (Phi) is 5.53. The fraction of sp³-hybridized carbons (Fsp3) is 0.722. The van der Waals surface area contributed by atoms with E-state index in [1.807, 2.05) is 4.90 Å². The zero-order valence-electron chi connectivity index (χ0n) is 14.8. The SMILES string of the molecule is CC(C)COc1cncc(N2CCCC(C(=O)N3CCCC3)C2)n1. The molecule has 1 aromatic rings. The number of carbonyl (C=O) groups is 1. The van der Waals surface area contributed by atoms with Crippen LogP contribution in [0.2, 0.25) is 0 Å². The number of aromatic nitrogens is 2. The van der Waals surface area contributed by atoms with Crippen molar-refractivity contribution in [3.05, 3.63) is 12.4 Å². The van der Waals surface area contributed by atoms with Gasteiger partial charge in [-0.3, -0.25) is 9.78 Å². The molecule has 2 aliphatic heterocycles. The van der Waals surface area contributed by atoms with E-state index in [1.165, 1.54) is 0 Å². The van der Waals surface area contributed by atoms with Crippen molar-refractivity contribution in [1.29, 1.82) is 0 Å². The Morgan fingerprint density at radius 1 is 1.25 bits per heavy atom. The van der Waals surface area contributed by atoms with Gasteiger partial charge >= 0.3 is 0 Å². The molecule has 0 N–H and O–H groups in total. The molecule has 0 radical (unpaired) electrons. The maximum absolute atomic E-state index is 12.7. The molecule has 0 saturated carbocycles. The van der Waals surface area contributed by atoms with E-state index in [0.717, 1.165) is 57.7 Å². The Labute approximate surface area is 144 Å². The Hall–Kier alpha value is -1.85. The summed E-state index contributed by atoms with van der Waals surface area (Å²) < 4.78 is 5.68. The van der Waals surface area contributed by atoms with Crippen molar-refractivity contribution in [3.8, 4) is 5.88 Å². The van der Waals surface area contributed by atoms with Gasteiger partial charge in [0.25, 0.3) is 0 Å². The number of ether oxygens (including phenoxy) is 1. The molecular formula is C18H28N4O2. The van der Waals surface area contributed by atoms with Crippen LogP contribution in [0, 0.1) is 11.8 Å². The lowest BCUT2D eigenvalue weighted by atomic mass is 9.96. The van der Waals surface area contributed by atoms with E-state index in [-0.39, 0.29) is 5.92 Å². The second-order valence-electron chi connectivity index (χ2n) is 7.24. The molecule has 1 unspecified atom stereocenters. The van der Waals surface area contributed by atoms with Crippen LogP contribution < -0.4 is 9.64 Å². The summed E-state index contributed by atoms with van der Waals surface area (Å²) in [5, 5.41) is 0. The summed E-state index contributed by atoms with van der Waals surface area (Å²) in [6.45, 7) is 8.35. The molecule has 0 spiro atoms. The first-order chi connectivity index (χ1) is 11.6. The van der Waals surface area contributed by atoms with Crippen LogP contribution in [0.3, 0.4) is 0 Å². The van der Waals surface area contributed by atoms with Crippen molar-refractivity contribution in [2.45, 2.75) is 39.5 Å². The molecular weight excluding hydrogens is 304 g/mol. The molecule has 3 heterocycles. The quantitative estimate of drug-likeness (QED) is 0.828. The second-order valence-corrected chi connectivity index (χ2v) is 7.24. The van der Waals surface area contributed by atoms with Gasteiger partial charge in [0.05, 0.1) is 24.9 Å². The lowest BCUT2D eigenvalue weighted by Gasteiger charge is -2.34. The van der Waals surface area contributed by atoms with E-state index < -0.39 is 0 Å². The lowest BCUT2D eigenvalue weighted by Crippen LogP contribution is -2.44. The van der Waals surface area contributed by atoms with Crippen LogP contribution >= 0.6 is 0 Å². The molecule has 24 heavy (non-hydrogen) atoms. The third-order valence-electron chi connectivity index (χ3n) is 4.68. The van der Waals surface area contributed by atoms with Crippen molar-refractivity contribution in [3.63, 3.8) is 0 Å². The first-order valence-electron chi connectivity index (χ1n) is 9.12. The number of carbonyl (C=O) groups excluding carboxylic acids is 1. The Morgan fingerprint density at radius 3 is 2.79 bits per heavy atom. The van der Waals surface area contributed by atoms with Crippen molar-refractivity contribution < 1.29 is 9.53 Å². The van der Waals surface area contributed by atoms with E-state index in [4.69, 9.17) is 4.74 Å². The summed E-state index contributed by atoms with van der Waals surface area (Å²) in [4.78, 5) is 25.7. The van der Waals surface area contributed by atoms with Gasteiger partial charge in [-0.05, 0) is 31.6 Å². The minimum Gasteiger partial charge on any atom is -0.476 e. The van der Waals surface area contributed by atoms with Crippen LogP contribution in [0.25, 0.3) is 0 Å².